The number of benzene rings is 2. The van der Waals surface area contributed by atoms with E-state index in [1.807, 2.05) is 37.3 Å². The summed E-state index contributed by atoms with van der Waals surface area (Å²) in [7, 11) is 3.15. The molecule has 0 spiro atoms. The van der Waals surface area contributed by atoms with Gasteiger partial charge in [0, 0.05) is 42.5 Å². The average molecular weight is 553 g/mol. The van der Waals surface area contributed by atoms with Crippen molar-refractivity contribution >= 4 is 23.5 Å². The summed E-state index contributed by atoms with van der Waals surface area (Å²) in [4.78, 5) is 42.6. The first-order valence-corrected chi connectivity index (χ1v) is 13.7. The maximum absolute atomic E-state index is 14.2. The second-order valence-corrected chi connectivity index (χ2v) is 11.9. The predicted octanol–water partition coefficient (Wildman–Crippen LogP) is 4.59. The lowest BCUT2D eigenvalue weighted by Crippen LogP contribution is -2.47. The van der Waals surface area contributed by atoms with Crippen LogP contribution >= 0.6 is 0 Å². The molecule has 2 aromatic carbocycles. The monoisotopic (exact) mass is 552 g/mol. The molecular formula is C31H40N2O7. The summed E-state index contributed by atoms with van der Waals surface area (Å²) >= 11 is 0. The van der Waals surface area contributed by atoms with Gasteiger partial charge in [-0.2, -0.15) is 0 Å². The highest BCUT2D eigenvalue weighted by Crippen LogP contribution is 2.43. The van der Waals surface area contributed by atoms with Gasteiger partial charge in [0.1, 0.15) is 23.7 Å². The zero-order valence-electron chi connectivity index (χ0n) is 24.2. The molecule has 2 heterocycles. The Morgan fingerprint density at radius 3 is 2.48 bits per heavy atom. The van der Waals surface area contributed by atoms with Crippen LogP contribution in [0.25, 0.3) is 0 Å². The molecule has 216 valence electrons. The Bertz CT molecular complexity index is 1270. The van der Waals surface area contributed by atoms with E-state index in [0.29, 0.717) is 43.0 Å². The highest BCUT2D eigenvalue weighted by molar-refractivity contribution is 6.00. The Kier molecular flexibility index (Phi) is 8.73. The van der Waals surface area contributed by atoms with Crippen LogP contribution in [0.5, 0.6) is 11.5 Å². The Hall–Kier alpha value is -3.59. The summed E-state index contributed by atoms with van der Waals surface area (Å²) in [5.74, 6) is -0.942. The van der Waals surface area contributed by atoms with Gasteiger partial charge in [0.25, 0.3) is 5.91 Å². The van der Waals surface area contributed by atoms with Gasteiger partial charge in [-0.1, -0.05) is 38.5 Å². The number of ether oxygens (including phenoxy) is 3. The van der Waals surface area contributed by atoms with Crippen molar-refractivity contribution in [2.24, 2.45) is 11.3 Å². The van der Waals surface area contributed by atoms with Crippen molar-refractivity contribution in [3.8, 4) is 11.5 Å². The fourth-order valence-electron chi connectivity index (χ4n) is 5.46. The molecule has 3 atom stereocenters. The Morgan fingerprint density at radius 1 is 1.07 bits per heavy atom. The second-order valence-electron chi connectivity index (χ2n) is 11.9. The van der Waals surface area contributed by atoms with E-state index < -0.39 is 24.1 Å². The molecular weight excluding hydrogens is 512 g/mol. The van der Waals surface area contributed by atoms with Crippen molar-refractivity contribution in [3.05, 3.63) is 53.1 Å². The third-order valence-corrected chi connectivity index (χ3v) is 7.44. The number of aliphatic carboxylic acids is 1. The number of likely N-dealkylation sites (tertiary alicyclic amines) is 1. The number of anilines is 1. The number of rotatable bonds is 7. The first-order valence-electron chi connectivity index (χ1n) is 13.7. The highest BCUT2D eigenvalue weighted by Gasteiger charge is 2.41. The number of carboxylic acid groups (broad SMARTS) is 1. The van der Waals surface area contributed by atoms with Crippen LogP contribution in [0.2, 0.25) is 0 Å². The van der Waals surface area contributed by atoms with Crippen molar-refractivity contribution in [2.45, 2.75) is 59.2 Å². The highest BCUT2D eigenvalue weighted by atomic mass is 16.5. The van der Waals surface area contributed by atoms with Gasteiger partial charge in [-0.25, -0.2) is 0 Å². The van der Waals surface area contributed by atoms with E-state index in [0.717, 1.165) is 16.8 Å². The summed E-state index contributed by atoms with van der Waals surface area (Å²) in [6.45, 7) is 9.19. The quantitative estimate of drug-likeness (QED) is 0.536. The van der Waals surface area contributed by atoms with Crippen molar-refractivity contribution in [2.75, 3.05) is 38.8 Å². The molecule has 1 saturated heterocycles. The normalized spacial score (nSPS) is 21.4. The van der Waals surface area contributed by atoms with Gasteiger partial charge < -0.3 is 29.1 Å². The summed E-state index contributed by atoms with van der Waals surface area (Å²) in [6, 6.07) is 11.4. The molecule has 9 heteroatoms. The Labute approximate surface area is 236 Å². The smallest absolute Gasteiger partial charge is 0.308 e. The molecule has 2 aliphatic rings. The summed E-state index contributed by atoms with van der Waals surface area (Å²) in [5, 5.41) is 9.51. The summed E-state index contributed by atoms with van der Waals surface area (Å²) in [6.07, 6.45) is -0.825. The van der Waals surface area contributed by atoms with Crippen molar-refractivity contribution in [1.29, 1.82) is 0 Å². The summed E-state index contributed by atoms with van der Waals surface area (Å²) < 4.78 is 17.7. The van der Waals surface area contributed by atoms with Crippen LogP contribution in [0, 0.1) is 18.3 Å². The molecule has 0 aliphatic carbocycles. The second kappa shape index (κ2) is 11.9. The lowest BCUT2D eigenvalue weighted by Gasteiger charge is -2.33. The van der Waals surface area contributed by atoms with Gasteiger partial charge >= 0.3 is 5.97 Å². The lowest BCUT2D eigenvalue weighted by atomic mass is 9.93. The minimum absolute atomic E-state index is 0.135. The van der Waals surface area contributed by atoms with Crippen LogP contribution in [-0.4, -0.2) is 67.7 Å². The molecule has 1 N–H and O–H groups in total. The molecule has 0 bridgehead atoms. The van der Waals surface area contributed by atoms with Crippen LogP contribution in [0.4, 0.5) is 5.69 Å². The van der Waals surface area contributed by atoms with Crippen LogP contribution in [-0.2, 0) is 19.1 Å². The molecule has 4 rings (SSSR count). The van der Waals surface area contributed by atoms with Gasteiger partial charge in [0.15, 0.2) is 0 Å². The molecule has 2 aliphatic heterocycles. The third kappa shape index (κ3) is 6.41. The molecule has 2 amide bonds. The number of carbonyl (C=O) groups excluding carboxylic acids is 2. The molecule has 2 aromatic rings. The van der Waals surface area contributed by atoms with E-state index in [4.69, 9.17) is 14.2 Å². The molecule has 0 radical (unpaired) electrons. The van der Waals surface area contributed by atoms with Gasteiger partial charge in [-0.3, -0.25) is 14.4 Å². The van der Waals surface area contributed by atoms with E-state index in [-0.39, 0.29) is 30.2 Å². The van der Waals surface area contributed by atoms with Gasteiger partial charge in [0.2, 0.25) is 5.91 Å². The number of amides is 2. The lowest BCUT2D eigenvalue weighted by molar-refractivity contribution is -0.148. The van der Waals surface area contributed by atoms with Gasteiger partial charge in [-0.15, -0.1) is 0 Å². The van der Waals surface area contributed by atoms with Crippen molar-refractivity contribution < 1.29 is 33.7 Å². The SMILES string of the molecule is COc1ccc(C2OC(CC(=O)N3CCCC(C(=O)O)C3)C(=O)N(CC(C)(C)C)c3ccc(C)cc32)c(OC)c1. The molecule has 0 aromatic heterocycles. The number of hydrogen-bond acceptors (Lipinski definition) is 6. The Balaban J connectivity index is 1.79. The van der Waals surface area contributed by atoms with Crippen LogP contribution in [0.3, 0.4) is 0 Å². The first kappa shape index (κ1) is 29.4. The topological polar surface area (TPSA) is 106 Å². The fraction of sp³-hybridized carbons (Fsp3) is 0.516. The van der Waals surface area contributed by atoms with Gasteiger partial charge in [0.05, 0.1) is 26.6 Å². The Morgan fingerprint density at radius 2 is 1.82 bits per heavy atom. The largest absolute Gasteiger partial charge is 0.497 e. The molecule has 40 heavy (non-hydrogen) atoms. The maximum Gasteiger partial charge on any atom is 0.308 e. The van der Waals surface area contributed by atoms with E-state index in [1.165, 1.54) is 0 Å². The molecule has 0 saturated carbocycles. The number of carboxylic acids is 1. The first-order chi connectivity index (χ1) is 18.9. The predicted molar refractivity (Wildman–Crippen MR) is 151 cm³/mol. The summed E-state index contributed by atoms with van der Waals surface area (Å²) in [5.41, 5.74) is 3.02. The standard InChI is InChI=1S/C31H40N2O7/c1-19-9-12-24-23(14-19)28(22-11-10-21(38-5)15-25(22)39-6)40-26(29(35)33(24)18-31(2,3)4)16-27(34)32-13-7-8-20(17-32)30(36)37/h9-12,14-15,20,26,28H,7-8,13,16-18H2,1-6H3,(H,36,37). The average Bonchev–Trinajstić information content (AvgIpc) is 3.02. The maximum atomic E-state index is 14.2. The number of carbonyl (C=O) groups is 3. The van der Waals surface area contributed by atoms with Crippen LogP contribution < -0.4 is 14.4 Å². The van der Waals surface area contributed by atoms with Crippen molar-refractivity contribution in [3.63, 3.8) is 0 Å². The van der Waals surface area contributed by atoms with E-state index in [9.17, 15) is 19.5 Å². The third-order valence-electron chi connectivity index (χ3n) is 7.44. The van der Waals surface area contributed by atoms with Gasteiger partial charge in [-0.05, 0) is 43.4 Å². The van der Waals surface area contributed by atoms with Crippen LogP contribution in [0.1, 0.15) is 62.8 Å². The number of aryl methyl sites for hydroxylation is 1. The number of nitrogens with zero attached hydrogens (tertiary/aromatic N) is 2. The zero-order chi connectivity index (χ0) is 29.2. The molecule has 9 nitrogen and oxygen atoms in total. The van der Waals surface area contributed by atoms with E-state index in [2.05, 4.69) is 20.8 Å². The zero-order valence-corrected chi connectivity index (χ0v) is 24.2. The number of methoxy groups -OCH3 is 2. The minimum Gasteiger partial charge on any atom is -0.497 e. The number of piperidine rings is 1. The fourth-order valence-corrected chi connectivity index (χ4v) is 5.46. The van der Waals surface area contributed by atoms with Crippen molar-refractivity contribution in [1.82, 2.24) is 4.90 Å². The molecule has 3 unspecified atom stereocenters. The molecule has 1 fully saturated rings. The van der Waals surface area contributed by atoms with Crippen LogP contribution in [0.15, 0.2) is 36.4 Å². The van der Waals surface area contributed by atoms with E-state index >= 15 is 0 Å². The number of fused-ring (bicyclic) bond motifs is 1. The minimum atomic E-state index is -1.08. The number of hydrogen-bond donors (Lipinski definition) is 1. The van der Waals surface area contributed by atoms with E-state index in [1.54, 1.807) is 30.1 Å².